The van der Waals surface area contributed by atoms with Crippen LogP contribution in [0.5, 0.6) is 5.75 Å². The molecule has 1 spiro atoms. The van der Waals surface area contributed by atoms with E-state index >= 15 is 0 Å². The van der Waals surface area contributed by atoms with Crippen molar-refractivity contribution in [1.29, 1.82) is 0 Å². The molecule has 2 aliphatic heterocycles. The van der Waals surface area contributed by atoms with Crippen LogP contribution in [0.25, 0.3) is 0 Å². The molecule has 0 N–H and O–H groups in total. The van der Waals surface area contributed by atoms with Crippen LogP contribution in [0.1, 0.15) is 38.7 Å². The summed E-state index contributed by atoms with van der Waals surface area (Å²) >= 11 is 0. The molecular weight excluding hydrogens is 335 g/mol. The molecule has 0 aromatic heterocycles. The van der Waals surface area contributed by atoms with Gasteiger partial charge in [-0.05, 0) is 50.8 Å². The first-order valence-electron chi connectivity index (χ1n) is 9.45. The monoisotopic (exact) mass is 364 g/mol. The third-order valence-electron chi connectivity index (χ3n) is 5.39. The van der Waals surface area contributed by atoms with Gasteiger partial charge in [-0.2, -0.15) is 0 Å². The predicted molar refractivity (Wildman–Crippen MR) is 97.6 cm³/mol. The lowest BCUT2D eigenvalue weighted by Crippen LogP contribution is -2.60. The second-order valence-corrected chi connectivity index (χ2v) is 7.57. The molecule has 6 heteroatoms. The first kappa shape index (κ1) is 19.1. The zero-order chi connectivity index (χ0) is 18.7. The summed E-state index contributed by atoms with van der Waals surface area (Å²) in [6.07, 6.45) is 2.75. The molecule has 0 radical (unpaired) electrons. The van der Waals surface area contributed by atoms with Crippen molar-refractivity contribution in [3.05, 3.63) is 29.6 Å². The van der Waals surface area contributed by atoms with Gasteiger partial charge in [0.05, 0.1) is 13.7 Å². The van der Waals surface area contributed by atoms with Gasteiger partial charge in [-0.3, -0.25) is 9.69 Å². The van der Waals surface area contributed by atoms with Crippen LogP contribution < -0.4 is 4.74 Å². The van der Waals surface area contributed by atoms with Crippen LogP contribution in [-0.2, 0) is 16.1 Å². The quantitative estimate of drug-likeness (QED) is 0.824. The third-order valence-corrected chi connectivity index (χ3v) is 5.39. The van der Waals surface area contributed by atoms with E-state index in [0.717, 1.165) is 37.9 Å². The van der Waals surface area contributed by atoms with E-state index in [2.05, 4.69) is 18.7 Å². The van der Waals surface area contributed by atoms with Crippen LogP contribution in [0.2, 0.25) is 0 Å². The molecule has 1 unspecified atom stereocenters. The van der Waals surface area contributed by atoms with Gasteiger partial charge in [0, 0.05) is 32.2 Å². The summed E-state index contributed by atoms with van der Waals surface area (Å²) in [5.41, 5.74) is 0.117. The Morgan fingerprint density at radius 2 is 2.12 bits per heavy atom. The van der Waals surface area contributed by atoms with E-state index in [1.165, 1.54) is 13.2 Å². The van der Waals surface area contributed by atoms with Crippen molar-refractivity contribution >= 4 is 5.91 Å². The molecule has 2 heterocycles. The summed E-state index contributed by atoms with van der Waals surface area (Å²) < 4.78 is 25.0. The van der Waals surface area contributed by atoms with Crippen molar-refractivity contribution in [3.63, 3.8) is 0 Å². The van der Waals surface area contributed by atoms with Crippen LogP contribution in [-0.4, -0.2) is 60.7 Å². The van der Waals surface area contributed by atoms with Gasteiger partial charge >= 0.3 is 0 Å². The summed E-state index contributed by atoms with van der Waals surface area (Å²) in [5, 5.41) is 0. The Morgan fingerprint density at radius 3 is 2.81 bits per heavy atom. The number of amides is 1. The molecular formula is C20H29FN2O3. The molecule has 2 fully saturated rings. The van der Waals surface area contributed by atoms with E-state index in [4.69, 9.17) is 9.47 Å². The largest absolute Gasteiger partial charge is 0.494 e. The highest BCUT2D eigenvalue weighted by molar-refractivity contribution is 5.86. The van der Waals surface area contributed by atoms with Crippen LogP contribution in [0.4, 0.5) is 4.39 Å². The van der Waals surface area contributed by atoms with Crippen molar-refractivity contribution in [3.8, 4) is 5.75 Å². The van der Waals surface area contributed by atoms with Gasteiger partial charge in [0.25, 0.3) is 5.91 Å². The van der Waals surface area contributed by atoms with E-state index in [-0.39, 0.29) is 23.5 Å². The van der Waals surface area contributed by atoms with Crippen molar-refractivity contribution < 1.29 is 18.7 Å². The summed E-state index contributed by atoms with van der Waals surface area (Å²) in [5.74, 6) is -0.00108. The molecule has 144 valence electrons. The van der Waals surface area contributed by atoms with Gasteiger partial charge < -0.3 is 14.4 Å². The third kappa shape index (κ3) is 3.86. The Bertz CT molecular complexity index is 652. The fraction of sp³-hybridized carbons (Fsp3) is 0.650. The maximum atomic E-state index is 14.0. The van der Waals surface area contributed by atoms with Crippen molar-refractivity contribution in [2.24, 2.45) is 0 Å². The van der Waals surface area contributed by atoms with Gasteiger partial charge in [-0.15, -0.1) is 0 Å². The SMILES string of the molecule is COc1ccc(CN2CCOC3(CCCCN(C(C)C)C3=O)C2)cc1F. The number of halogens is 1. The standard InChI is InChI=1S/C20H29FN2O3/c1-15(2)23-9-5-4-8-20(19(23)24)14-22(10-11-26-20)13-16-6-7-18(25-3)17(21)12-16/h6-7,12,15H,4-5,8-11,13-14H2,1-3H3. The molecule has 3 rings (SSSR count). The Hall–Kier alpha value is -1.66. The normalized spacial score (nSPS) is 25.0. The van der Waals surface area contributed by atoms with Gasteiger partial charge in [0.15, 0.2) is 17.2 Å². The summed E-state index contributed by atoms with van der Waals surface area (Å²) in [7, 11) is 1.46. The van der Waals surface area contributed by atoms with Crippen LogP contribution in [0.15, 0.2) is 18.2 Å². The number of nitrogens with zero attached hydrogens (tertiary/aromatic N) is 2. The minimum atomic E-state index is -0.760. The molecule has 0 bridgehead atoms. The molecule has 0 aliphatic carbocycles. The van der Waals surface area contributed by atoms with Crippen LogP contribution >= 0.6 is 0 Å². The molecule has 5 nitrogen and oxygen atoms in total. The Labute approximate surface area is 155 Å². The number of carbonyl (C=O) groups is 1. The lowest BCUT2D eigenvalue weighted by molar-refractivity contribution is -0.172. The Morgan fingerprint density at radius 1 is 1.31 bits per heavy atom. The first-order chi connectivity index (χ1) is 12.4. The summed E-state index contributed by atoms with van der Waals surface area (Å²) in [4.78, 5) is 17.3. The molecule has 1 aromatic rings. The maximum absolute atomic E-state index is 14.0. The summed E-state index contributed by atoms with van der Waals surface area (Å²) in [6, 6.07) is 5.21. The van der Waals surface area contributed by atoms with E-state index < -0.39 is 5.60 Å². The highest BCUT2D eigenvalue weighted by Crippen LogP contribution is 2.31. The van der Waals surface area contributed by atoms with Gasteiger partial charge in [-0.25, -0.2) is 4.39 Å². The van der Waals surface area contributed by atoms with E-state index in [1.807, 2.05) is 11.0 Å². The fourth-order valence-electron chi connectivity index (χ4n) is 3.99. The van der Waals surface area contributed by atoms with Gasteiger partial charge in [0.2, 0.25) is 0 Å². The number of ether oxygens (including phenoxy) is 2. The average molecular weight is 364 g/mol. The first-order valence-corrected chi connectivity index (χ1v) is 9.45. The highest BCUT2D eigenvalue weighted by Gasteiger charge is 2.47. The number of carbonyl (C=O) groups excluding carboxylic acids is 1. The number of benzene rings is 1. The highest BCUT2D eigenvalue weighted by atomic mass is 19.1. The predicted octanol–water partition coefficient (Wildman–Crippen LogP) is 2.83. The molecule has 1 amide bonds. The van der Waals surface area contributed by atoms with Crippen LogP contribution in [0, 0.1) is 5.82 Å². The average Bonchev–Trinajstić information content (AvgIpc) is 2.75. The second kappa shape index (κ2) is 7.92. The molecule has 2 saturated heterocycles. The zero-order valence-electron chi connectivity index (χ0n) is 16.0. The number of morpholine rings is 1. The summed E-state index contributed by atoms with van der Waals surface area (Å²) in [6.45, 7) is 7.32. The number of hydrogen-bond donors (Lipinski definition) is 0. The van der Waals surface area contributed by atoms with Gasteiger partial charge in [0.1, 0.15) is 0 Å². The second-order valence-electron chi connectivity index (χ2n) is 7.57. The van der Waals surface area contributed by atoms with E-state index in [9.17, 15) is 9.18 Å². The number of rotatable bonds is 4. The molecule has 26 heavy (non-hydrogen) atoms. The molecule has 2 aliphatic rings. The molecule has 1 aromatic carbocycles. The minimum Gasteiger partial charge on any atom is -0.494 e. The number of likely N-dealkylation sites (tertiary alicyclic amines) is 1. The van der Waals surface area contributed by atoms with Gasteiger partial charge in [-0.1, -0.05) is 6.07 Å². The number of methoxy groups -OCH3 is 1. The van der Waals surface area contributed by atoms with Crippen molar-refractivity contribution in [2.45, 2.75) is 51.3 Å². The maximum Gasteiger partial charge on any atom is 0.256 e. The lowest BCUT2D eigenvalue weighted by Gasteiger charge is -2.43. The van der Waals surface area contributed by atoms with Crippen molar-refractivity contribution in [1.82, 2.24) is 9.80 Å². The zero-order valence-corrected chi connectivity index (χ0v) is 16.0. The van der Waals surface area contributed by atoms with Crippen molar-refractivity contribution in [2.75, 3.05) is 33.4 Å². The Balaban J connectivity index is 1.75. The fourth-order valence-corrected chi connectivity index (χ4v) is 3.99. The van der Waals surface area contributed by atoms with Crippen LogP contribution in [0.3, 0.4) is 0 Å². The van der Waals surface area contributed by atoms with E-state index in [1.54, 1.807) is 6.07 Å². The molecule has 0 saturated carbocycles. The minimum absolute atomic E-state index is 0.107. The Kier molecular flexibility index (Phi) is 5.82. The van der Waals surface area contributed by atoms with E-state index in [0.29, 0.717) is 19.7 Å². The smallest absolute Gasteiger partial charge is 0.256 e. The number of hydrogen-bond acceptors (Lipinski definition) is 4. The topological polar surface area (TPSA) is 42.0 Å². The molecule has 1 atom stereocenters. The lowest BCUT2D eigenvalue weighted by atomic mass is 9.93.